The fraction of sp³-hybridized carbons (Fsp3) is 0.0769. The second kappa shape index (κ2) is 3.77. The molecule has 0 aliphatic rings. The van der Waals surface area contributed by atoms with E-state index in [1.807, 2.05) is 12.1 Å². The summed E-state index contributed by atoms with van der Waals surface area (Å²) in [5, 5.41) is 2.41. The van der Waals surface area contributed by atoms with Crippen molar-refractivity contribution < 1.29 is 0 Å². The van der Waals surface area contributed by atoms with Gasteiger partial charge >= 0.3 is 0 Å². The van der Waals surface area contributed by atoms with Crippen molar-refractivity contribution in [3.8, 4) is 12.3 Å². The van der Waals surface area contributed by atoms with Crippen molar-refractivity contribution in [2.75, 3.05) is 6.26 Å². The van der Waals surface area contributed by atoms with E-state index < -0.39 is 0 Å². The summed E-state index contributed by atoms with van der Waals surface area (Å²) in [6, 6.07) is 12.3. The second-order valence-corrected chi connectivity index (χ2v) is 3.86. The topological polar surface area (TPSA) is 0 Å². The van der Waals surface area contributed by atoms with Gasteiger partial charge in [-0.3, -0.25) is 0 Å². The van der Waals surface area contributed by atoms with Gasteiger partial charge in [-0.2, -0.15) is 0 Å². The number of rotatable bonds is 1. The quantitative estimate of drug-likeness (QED) is 0.499. The molecule has 0 aliphatic carbocycles. The molecule has 1 heteroatoms. The van der Waals surface area contributed by atoms with E-state index in [2.05, 4.69) is 36.4 Å². The summed E-state index contributed by atoms with van der Waals surface area (Å²) in [4.78, 5) is 1.25. The van der Waals surface area contributed by atoms with Crippen LogP contribution in [0.1, 0.15) is 5.56 Å². The number of thioether (sulfide) groups is 1. The predicted molar refractivity (Wildman–Crippen MR) is 63.7 cm³/mol. The zero-order chi connectivity index (χ0) is 9.97. The first-order valence-electron chi connectivity index (χ1n) is 4.39. The van der Waals surface area contributed by atoms with E-state index in [1.54, 1.807) is 11.8 Å². The Labute approximate surface area is 88.3 Å². The van der Waals surface area contributed by atoms with E-state index in [0.717, 1.165) is 5.56 Å². The summed E-state index contributed by atoms with van der Waals surface area (Å²) in [5.74, 6) is 2.73. The summed E-state index contributed by atoms with van der Waals surface area (Å²) in [7, 11) is 0. The molecule has 0 fully saturated rings. The van der Waals surface area contributed by atoms with Crippen molar-refractivity contribution in [1.82, 2.24) is 0 Å². The first-order valence-corrected chi connectivity index (χ1v) is 5.61. The second-order valence-electron chi connectivity index (χ2n) is 3.01. The Morgan fingerprint density at radius 3 is 2.50 bits per heavy atom. The standard InChI is InChI=1S/C13H10S/c1-3-10-6-4-7-11-8-5-9-12(14-2)13(10)11/h1,4-9H,2H3. The van der Waals surface area contributed by atoms with Crippen LogP contribution in [0.3, 0.4) is 0 Å². The molecule has 0 saturated heterocycles. The summed E-state index contributed by atoms with van der Waals surface area (Å²) in [5.41, 5.74) is 0.979. The number of hydrogen-bond donors (Lipinski definition) is 0. The fourth-order valence-electron chi connectivity index (χ4n) is 1.60. The Morgan fingerprint density at radius 2 is 1.86 bits per heavy atom. The van der Waals surface area contributed by atoms with E-state index >= 15 is 0 Å². The molecular weight excluding hydrogens is 188 g/mol. The average molecular weight is 198 g/mol. The molecule has 0 N–H and O–H groups in total. The molecule has 2 aromatic carbocycles. The predicted octanol–water partition coefficient (Wildman–Crippen LogP) is 3.54. The first-order chi connectivity index (χ1) is 6.86. The highest BCUT2D eigenvalue weighted by molar-refractivity contribution is 7.98. The maximum Gasteiger partial charge on any atom is 0.0332 e. The lowest BCUT2D eigenvalue weighted by molar-refractivity contribution is 1.53. The molecule has 14 heavy (non-hydrogen) atoms. The van der Waals surface area contributed by atoms with E-state index in [9.17, 15) is 0 Å². The van der Waals surface area contributed by atoms with Crippen LogP contribution in [0.25, 0.3) is 10.8 Å². The molecule has 0 amide bonds. The van der Waals surface area contributed by atoms with Crippen molar-refractivity contribution in [1.29, 1.82) is 0 Å². The molecular formula is C13H10S. The normalized spacial score (nSPS) is 10.0. The van der Waals surface area contributed by atoms with Gasteiger partial charge in [-0.1, -0.05) is 30.2 Å². The van der Waals surface area contributed by atoms with Gasteiger partial charge < -0.3 is 0 Å². The summed E-state index contributed by atoms with van der Waals surface area (Å²) in [6.45, 7) is 0. The highest BCUT2D eigenvalue weighted by Crippen LogP contribution is 2.28. The molecule has 0 atom stereocenters. The number of benzene rings is 2. The van der Waals surface area contributed by atoms with Crippen LogP contribution in [0, 0.1) is 12.3 Å². The minimum absolute atomic E-state index is 0.979. The molecule has 0 aromatic heterocycles. The van der Waals surface area contributed by atoms with Gasteiger partial charge in [0.05, 0.1) is 0 Å². The lowest BCUT2D eigenvalue weighted by atomic mass is 10.1. The molecule has 0 spiro atoms. The Kier molecular flexibility index (Phi) is 2.47. The van der Waals surface area contributed by atoms with Gasteiger partial charge in [0.15, 0.2) is 0 Å². The minimum atomic E-state index is 0.979. The zero-order valence-electron chi connectivity index (χ0n) is 7.95. The third-order valence-electron chi connectivity index (χ3n) is 2.24. The van der Waals surface area contributed by atoms with Crippen LogP contribution < -0.4 is 0 Å². The third-order valence-corrected chi connectivity index (χ3v) is 3.02. The molecule has 2 aromatic rings. The summed E-state index contributed by atoms with van der Waals surface area (Å²) >= 11 is 1.73. The molecule has 0 heterocycles. The molecule has 2 rings (SSSR count). The minimum Gasteiger partial charge on any atom is -0.129 e. The van der Waals surface area contributed by atoms with Crippen LogP contribution in [0.15, 0.2) is 41.3 Å². The highest BCUT2D eigenvalue weighted by atomic mass is 32.2. The van der Waals surface area contributed by atoms with Crippen molar-refractivity contribution in [3.63, 3.8) is 0 Å². The number of hydrogen-bond acceptors (Lipinski definition) is 1. The molecule has 68 valence electrons. The Balaban J connectivity index is 2.90. The van der Waals surface area contributed by atoms with Crippen LogP contribution in [0.4, 0.5) is 0 Å². The third kappa shape index (κ3) is 1.38. The van der Waals surface area contributed by atoms with Gasteiger partial charge in [0.25, 0.3) is 0 Å². The Morgan fingerprint density at radius 1 is 1.14 bits per heavy atom. The van der Waals surface area contributed by atoms with E-state index in [0.29, 0.717) is 0 Å². The number of fused-ring (bicyclic) bond motifs is 1. The van der Waals surface area contributed by atoms with Gasteiger partial charge in [-0.25, -0.2) is 0 Å². The molecule has 0 nitrogen and oxygen atoms in total. The van der Waals surface area contributed by atoms with E-state index in [4.69, 9.17) is 6.42 Å². The summed E-state index contributed by atoms with van der Waals surface area (Å²) < 4.78 is 0. The van der Waals surface area contributed by atoms with Crippen molar-refractivity contribution in [3.05, 3.63) is 42.0 Å². The summed E-state index contributed by atoms with van der Waals surface area (Å²) in [6.07, 6.45) is 7.55. The van der Waals surface area contributed by atoms with Crippen LogP contribution >= 0.6 is 11.8 Å². The van der Waals surface area contributed by atoms with Crippen molar-refractivity contribution in [2.24, 2.45) is 0 Å². The van der Waals surface area contributed by atoms with E-state index in [-0.39, 0.29) is 0 Å². The van der Waals surface area contributed by atoms with Gasteiger partial charge in [0.1, 0.15) is 0 Å². The maximum atomic E-state index is 5.48. The lowest BCUT2D eigenvalue weighted by Crippen LogP contribution is -1.82. The van der Waals surface area contributed by atoms with Crippen LogP contribution in [0.5, 0.6) is 0 Å². The lowest BCUT2D eigenvalue weighted by Gasteiger charge is -2.05. The largest absolute Gasteiger partial charge is 0.129 e. The van der Waals surface area contributed by atoms with Gasteiger partial charge in [0, 0.05) is 15.8 Å². The highest BCUT2D eigenvalue weighted by Gasteiger charge is 2.02. The smallest absolute Gasteiger partial charge is 0.0332 e. The monoisotopic (exact) mass is 198 g/mol. The van der Waals surface area contributed by atoms with Gasteiger partial charge in [-0.15, -0.1) is 18.2 Å². The Hall–Kier alpha value is -1.39. The Bertz CT molecular complexity index is 501. The van der Waals surface area contributed by atoms with Crippen LogP contribution in [0.2, 0.25) is 0 Å². The van der Waals surface area contributed by atoms with Crippen molar-refractivity contribution >= 4 is 22.5 Å². The van der Waals surface area contributed by atoms with Gasteiger partial charge in [-0.05, 0) is 23.8 Å². The molecule has 0 unspecified atom stereocenters. The molecule has 0 saturated carbocycles. The SMILES string of the molecule is C#Cc1cccc2cccc(SC)c12. The fourth-order valence-corrected chi connectivity index (χ4v) is 2.24. The van der Waals surface area contributed by atoms with Gasteiger partial charge in [0.2, 0.25) is 0 Å². The number of terminal acetylenes is 1. The molecule has 0 bridgehead atoms. The maximum absolute atomic E-state index is 5.48. The first kappa shape index (κ1) is 9.18. The zero-order valence-corrected chi connectivity index (χ0v) is 8.77. The average Bonchev–Trinajstić information content (AvgIpc) is 2.27. The van der Waals surface area contributed by atoms with Crippen LogP contribution in [-0.2, 0) is 0 Å². The van der Waals surface area contributed by atoms with Crippen LogP contribution in [-0.4, -0.2) is 6.26 Å². The van der Waals surface area contributed by atoms with Crippen molar-refractivity contribution in [2.45, 2.75) is 4.90 Å². The molecule has 0 aliphatic heterocycles. The van der Waals surface area contributed by atoms with E-state index in [1.165, 1.54) is 15.7 Å². The molecule has 0 radical (unpaired) electrons.